The summed E-state index contributed by atoms with van der Waals surface area (Å²) in [5.41, 5.74) is 7.59. The van der Waals surface area contributed by atoms with Gasteiger partial charge in [-0.25, -0.2) is 15.0 Å². The van der Waals surface area contributed by atoms with Crippen LogP contribution in [0.25, 0.3) is 0 Å². The van der Waals surface area contributed by atoms with Crippen molar-refractivity contribution in [2.24, 2.45) is 35.2 Å². The van der Waals surface area contributed by atoms with Gasteiger partial charge in [0, 0.05) is 124 Å². The number of aromatic nitrogens is 8. The van der Waals surface area contributed by atoms with Gasteiger partial charge in [-0.05, 0) is 18.6 Å². The van der Waals surface area contributed by atoms with Gasteiger partial charge < -0.3 is 71.1 Å². The van der Waals surface area contributed by atoms with Crippen LogP contribution in [0.2, 0.25) is 0 Å². The number of carbonyl (C=O) groups excluding carboxylic acids is 7. The summed E-state index contributed by atoms with van der Waals surface area (Å²) in [6, 6.07) is 3.26. The summed E-state index contributed by atoms with van der Waals surface area (Å²) in [6.45, 7) is 3.39. The molecule has 5 aromatic rings. The third kappa shape index (κ3) is 12.9. The van der Waals surface area contributed by atoms with Gasteiger partial charge in [0.25, 0.3) is 23.6 Å². The number of hydrogen-bond donors (Lipinski definition) is 9. The molecule has 0 aliphatic rings. The molecule has 0 saturated heterocycles. The molecule has 0 saturated carbocycles. The number of rotatable bonds is 21. The molecule has 0 unspecified atom stereocenters. The first-order valence-corrected chi connectivity index (χ1v) is 19.9. The summed E-state index contributed by atoms with van der Waals surface area (Å²) < 4.78 is 7.79. The minimum Gasteiger partial charge on any atom is -0.382 e. The van der Waals surface area contributed by atoms with Gasteiger partial charge in [-0.2, -0.15) is 0 Å². The van der Waals surface area contributed by atoms with Crippen LogP contribution < -0.4 is 48.3 Å². The Bertz CT molecular complexity index is 2490. The van der Waals surface area contributed by atoms with E-state index in [4.69, 9.17) is 5.73 Å². The number of nitrogens with two attached hydrogens (primary N) is 1. The van der Waals surface area contributed by atoms with Gasteiger partial charge in [-0.1, -0.05) is 6.92 Å². The Kier molecular flexibility index (Phi) is 15.6. The molecule has 0 fully saturated rings. The van der Waals surface area contributed by atoms with E-state index in [-0.39, 0.29) is 84.8 Å². The number of nitrogens with one attached hydrogen (secondary N) is 8. The zero-order valence-electron chi connectivity index (χ0n) is 35.9. The molecule has 24 heteroatoms. The fourth-order valence-electron chi connectivity index (χ4n) is 6.19. The number of anilines is 5. The second-order valence-electron chi connectivity index (χ2n) is 14.6. The van der Waals surface area contributed by atoms with Gasteiger partial charge in [0.2, 0.25) is 35.2 Å². The predicted octanol–water partition coefficient (Wildman–Crippen LogP) is 0.174. The molecule has 7 amide bonds. The monoisotopic (exact) mass is 871 g/mol. The first-order valence-electron chi connectivity index (χ1n) is 19.9. The van der Waals surface area contributed by atoms with E-state index in [1.165, 1.54) is 42.9 Å². The summed E-state index contributed by atoms with van der Waals surface area (Å²) in [4.78, 5) is 101. The van der Waals surface area contributed by atoms with E-state index in [1.54, 1.807) is 46.7 Å². The van der Waals surface area contributed by atoms with Gasteiger partial charge in [0.15, 0.2) is 11.6 Å². The maximum Gasteiger partial charge on any atom is 0.291 e. The van der Waals surface area contributed by atoms with E-state index < -0.39 is 29.5 Å². The Labute approximate surface area is 361 Å². The first-order chi connectivity index (χ1) is 30.0. The molecule has 0 spiro atoms. The third-order valence-electron chi connectivity index (χ3n) is 9.34. The summed E-state index contributed by atoms with van der Waals surface area (Å²) in [5, 5.41) is 22.1. The van der Waals surface area contributed by atoms with Gasteiger partial charge >= 0.3 is 0 Å². The van der Waals surface area contributed by atoms with Crippen LogP contribution in [0.1, 0.15) is 80.6 Å². The highest BCUT2D eigenvalue weighted by atomic mass is 16.2. The van der Waals surface area contributed by atoms with E-state index in [0.717, 1.165) is 12.1 Å². The fourth-order valence-corrected chi connectivity index (χ4v) is 6.19. The molecule has 336 valence electrons. The molecule has 0 radical (unpaired) electrons. The molecule has 0 aliphatic heterocycles. The number of imidazole rings is 3. The zero-order valence-corrected chi connectivity index (χ0v) is 35.9. The van der Waals surface area contributed by atoms with Crippen molar-refractivity contribution in [1.82, 2.24) is 59.1 Å². The maximum absolute atomic E-state index is 13.2. The van der Waals surface area contributed by atoms with Crippen LogP contribution in [0.15, 0.2) is 43.1 Å². The molecule has 24 nitrogen and oxygen atoms in total. The Morgan fingerprint density at radius 1 is 0.524 bits per heavy atom. The Morgan fingerprint density at radius 2 is 1.03 bits per heavy atom. The smallest absolute Gasteiger partial charge is 0.291 e. The number of nitrogens with zero attached hydrogens (tertiary/aromatic N) is 8. The maximum atomic E-state index is 13.2. The topological polar surface area (TPSA) is 305 Å². The summed E-state index contributed by atoms with van der Waals surface area (Å²) >= 11 is 0. The first kappa shape index (κ1) is 46.3. The summed E-state index contributed by atoms with van der Waals surface area (Å²) in [6.07, 6.45) is 8.81. The van der Waals surface area contributed by atoms with Crippen LogP contribution in [0, 0.1) is 0 Å². The van der Waals surface area contributed by atoms with Crippen molar-refractivity contribution >= 4 is 70.2 Å². The molecule has 5 aromatic heterocycles. The molecule has 0 atom stereocenters. The third-order valence-corrected chi connectivity index (χ3v) is 9.34. The molecule has 5 heterocycles. The largest absolute Gasteiger partial charge is 0.382 e. The van der Waals surface area contributed by atoms with Crippen LogP contribution in [0.5, 0.6) is 0 Å². The second kappa shape index (κ2) is 21.2. The average Bonchev–Trinajstić information content (AvgIpc) is 4.04. The fraction of sp³-hybridized carbons (Fsp3) is 0.385. The minimum absolute atomic E-state index is 0.0000571. The number of hydrogen-bond acceptors (Lipinski definition) is 12. The lowest BCUT2D eigenvalue weighted by atomic mass is 10.3. The van der Waals surface area contributed by atoms with E-state index in [2.05, 4.69) is 57.5 Å². The number of carbonyl (C=O) groups is 7. The van der Waals surface area contributed by atoms with Gasteiger partial charge in [-0.3, -0.25) is 33.6 Å². The molecule has 63 heavy (non-hydrogen) atoms. The quantitative estimate of drug-likeness (QED) is 0.0446. The van der Waals surface area contributed by atoms with E-state index in [9.17, 15) is 33.6 Å². The minimum atomic E-state index is -0.515. The van der Waals surface area contributed by atoms with Gasteiger partial charge in [0.1, 0.15) is 11.5 Å². The number of amides is 7. The van der Waals surface area contributed by atoms with Crippen LogP contribution in [-0.4, -0.2) is 105 Å². The molecular weight excluding hydrogens is 819 g/mol. The molecule has 0 aliphatic carbocycles. The Morgan fingerprint density at radius 3 is 1.62 bits per heavy atom. The van der Waals surface area contributed by atoms with E-state index >= 15 is 0 Å². The van der Waals surface area contributed by atoms with Crippen molar-refractivity contribution < 1.29 is 33.6 Å². The van der Waals surface area contributed by atoms with Crippen LogP contribution >= 0.6 is 0 Å². The summed E-state index contributed by atoms with van der Waals surface area (Å²) in [5.74, 6) is -2.05. The van der Waals surface area contributed by atoms with Crippen molar-refractivity contribution in [3.8, 4) is 0 Å². The van der Waals surface area contributed by atoms with Crippen LogP contribution in [-0.2, 0) is 56.2 Å². The molecular formula is C39H53N17O7. The van der Waals surface area contributed by atoms with Crippen molar-refractivity contribution in [2.45, 2.75) is 39.2 Å². The van der Waals surface area contributed by atoms with Crippen molar-refractivity contribution in [2.75, 3.05) is 53.2 Å². The lowest BCUT2D eigenvalue weighted by Gasteiger charge is -2.06. The Balaban J connectivity index is 1.01. The van der Waals surface area contributed by atoms with E-state index in [1.807, 2.05) is 18.5 Å². The van der Waals surface area contributed by atoms with Crippen LogP contribution in [0.4, 0.5) is 28.8 Å². The SMILES string of the molecule is CCCNC(=O)CCNC(=O)c1nc(NC(=O)CCNCc2cc(NC(=O)c3nc(NC(=O)CCNC(=O)c4cc(NC(=O)c5nc(N)cn5C)cn4C)cn3C)cn2C)cn1C. The highest BCUT2D eigenvalue weighted by Crippen LogP contribution is 2.17. The van der Waals surface area contributed by atoms with Gasteiger partial charge in [-0.15, -0.1) is 0 Å². The highest BCUT2D eigenvalue weighted by molar-refractivity contribution is 6.04. The molecule has 0 aromatic carbocycles. The predicted molar refractivity (Wildman–Crippen MR) is 232 cm³/mol. The number of aryl methyl sites for hydroxylation is 5. The highest BCUT2D eigenvalue weighted by Gasteiger charge is 2.20. The zero-order chi connectivity index (χ0) is 45.8. The lowest BCUT2D eigenvalue weighted by molar-refractivity contribution is -0.121. The normalized spacial score (nSPS) is 10.9. The number of nitrogen functional groups attached to an aromatic ring is 1. The lowest BCUT2D eigenvalue weighted by Crippen LogP contribution is -2.32. The standard InChI is InChI=1S/C39H53N17O7/c1-7-11-42-30(57)9-13-44-37(61)33-50-28(21-55(33)5)48-31(58)8-12-41-17-25-15-23(18-52(25)2)45-39(63)35-51-29(22-56(35)6)49-32(59)10-14-43-36(60)26-16-24(19-53(26)3)46-38(62)34-47-27(40)20-54(34)4/h15-16,18-22,41H,7-14,17,40H2,1-6H3,(H,42,57)(H,43,60)(H,44,61)(H,45,63)(H,46,62)(H,48,58)(H,49,59). The molecule has 5 rings (SSSR count). The molecule has 10 N–H and O–H groups in total. The van der Waals surface area contributed by atoms with Gasteiger partial charge in [0.05, 0.1) is 11.4 Å². The molecule has 0 bridgehead atoms. The Hall–Kier alpha value is -7.76. The van der Waals surface area contributed by atoms with Crippen molar-refractivity contribution in [3.05, 3.63) is 72.0 Å². The second-order valence-corrected chi connectivity index (χ2v) is 14.6. The van der Waals surface area contributed by atoms with E-state index in [0.29, 0.717) is 31.0 Å². The average molecular weight is 872 g/mol. The van der Waals surface area contributed by atoms with Crippen molar-refractivity contribution in [1.29, 1.82) is 0 Å². The van der Waals surface area contributed by atoms with Crippen LogP contribution in [0.3, 0.4) is 0 Å². The van der Waals surface area contributed by atoms with Crippen molar-refractivity contribution in [3.63, 3.8) is 0 Å². The summed E-state index contributed by atoms with van der Waals surface area (Å²) in [7, 11) is 8.32.